The minimum absolute atomic E-state index is 0.00642. The van der Waals surface area contributed by atoms with E-state index >= 15 is 0 Å². The number of nitrogens with one attached hydrogen (secondary N) is 3. The Balaban J connectivity index is 1.69. The summed E-state index contributed by atoms with van der Waals surface area (Å²) >= 11 is 7.17. The number of H-pyrrole nitrogens is 1. The first-order chi connectivity index (χ1) is 11.1. The molecule has 2 heterocycles. The standard InChI is InChI=1S/C15H10ClFN4OS/c16-8-4-11(22)14-12(5-8)23-21-15(20-14)19-9-3-7-1-2-18-13(7)10(17)6-9/h1-6,18,22H,(H2,19,20,21). The molecule has 1 aliphatic heterocycles. The Morgan fingerprint density at radius 3 is 3.00 bits per heavy atom. The first-order valence-corrected chi connectivity index (χ1v) is 7.87. The minimum atomic E-state index is -0.353. The Morgan fingerprint density at radius 2 is 2.13 bits per heavy atom. The van der Waals surface area contributed by atoms with Crippen molar-refractivity contribution < 1.29 is 9.50 Å². The number of hydrogen-bond donors (Lipinski definition) is 4. The molecule has 0 radical (unpaired) electrons. The van der Waals surface area contributed by atoms with Crippen LogP contribution in [0.15, 0.2) is 46.4 Å². The molecule has 116 valence electrons. The molecule has 0 bridgehead atoms. The Kier molecular flexibility index (Phi) is 3.32. The number of phenols is 1. The highest BCUT2D eigenvalue weighted by molar-refractivity contribution is 7.98. The molecule has 4 N–H and O–H groups in total. The van der Waals surface area contributed by atoms with Gasteiger partial charge in [0.25, 0.3) is 0 Å². The van der Waals surface area contributed by atoms with Gasteiger partial charge in [-0.15, -0.1) is 0 Å². The maximum Gasteiger partial charge on any atom is 0.211 e. The molecular formula is C15H10ClFN4OS. The number of nitrogens with zero attached hydrogens (tertiary/aromatic N) is 1. The van der Waals surface area contributed by atoms with Gasteiger partial charge in [-0.1, -0.05) is 11.6 Å². The number of aromatic nitrogens is 1. The summed E-state index contributed by atoms with van der Waals surface area (Å²) in [5, 5.41) is 14.1. The van der Waals surface area contributed by atoms with Crippen LogP contribution < -0.4 is 10.0 Å². The molecule has 23 heavy (non-hydrogen) atoms. The van der Waals surface area contributed by atoms with Gasteiger partial charge in [-0.3, -0.25) is 4.72 Å². The predicted octanol–water partition coefficient (Wildman–Crippen LogP) is 4.38. The maximum atomic E-state index is 14.0. The summed E-state index contributed by atoms with van der Waals surface area (Å²) in [5.41, 5.74) is 1.43. The molecule has 0 spiro atoms. The zero-order chi connectivity index (χ0) is 16.0. The van der Waals surface area contributed by atoms with Crippen molar-refractivity contribution in [2.45, 2.75) is 4.90 Å². The second-order valence-electron chi connectivity index (χ2n) is 4.96. The van der Waals surface area contributed by atoms with E-state index in [1.165, 1.54) is 24.1 Å². The summed E-state index contributed by atoms with van der Waals surface area (Å²) in [7, 11) is 0. The van der Waals surface area contributed by atoms with E-state index in [9.17, 15) is 9.50 Å². The van der Waals surface area contributed by atoms with Crippen molar-refractivity contribution in [1.29, 1.82) is 0 Å². The van der Waals surface area contributed by atoms with E-state index in [2.05, 4.69) is 20.0 Å². The summed E-state index contributed by atoms with van der Waals surface area (Å²) in [4.78, 5) is 7.88. The van der Waals surface area contributed by atoms with Crippen molar-refractivity contribution in [2.75, 3.05) is 5.32 Å². The molecule has 0 atom stereocenters. The second kappa shape index (κ2) is 5.36. The predicted molar refractivity (Wildman–Crippen MR) is 91.1 cm³/mol. The molecule has 0 saturated carbocycles. The molecule has 1 aliphatic rings. The molecule has 8 heteroatoms. The van der Waals surface area contributed by atoms with Crippen LogP contribution >= 0.6 is 23.5 Å². The van der Waals surface area contributed by atoms with Gasteiger partial charge >= 0.3 is 0 Å². The second-order valence-corrected chi connectivity index (χ2v) is 6.25. The quantitative estimate of drug-likeness (QED) is 0.493. The maximum absolute atomic E-state index is 14.0. The first kappa shape index (κ1) is 14.2. The van der Waals surface area contributed by atoms with E-state index in [4.69, 9.17) is 11.6 Å². The highest BCUT2D eigenvalue weighted by Crippen LogP contribution is 2.41. The third-order valence-electron chi connectivity index (χ3n) is 3.37. The lowest BCUT2D eigenvalue weighted by Crippen LogP contribution is -2.26. The van der Waals surface area contributed by atoms with Gasteiger partial charge in [0.1, 0.15) is 17.3 Å². The Hall–Kier alpha value is -2.38. The van der Waals surface area contributed by atoms with Crippen LogP contribution in [0.25, 0.3) is 10.9 Å². The zero-order valence-corrected chi connectivity index (χ0v) is 13.1. The number of aromatic amines is 1. The number of guanidine groups is 1. The smallest absolute Gasteiger partial charge is 0.211 e. The van der Waals surface area contributed by atoms with Crippen LogP contribution in [0.2, 0.25) is 5.02 Å². The van der Waals surface area contributed by atoms with Gasteiger partial charge in [-0.2, -0.15) is 0 Å². The van der Waals surface area contributed by atoms with Crippen LogP contribution in [0.1, 0.15) is 0 Å². The van der Waals surface area contributed by atoms with Crippen molar-refractivity contribution in [3.63, 3.8) is 0 Å². The largest absolute Gasteiger partial charge is 0.506 e. The number of benzene rings is 2. The lowest BCUT2D eigenvalue weighted by Gasteiger charge is -2.18. The first-order valence-electron chi connectivity index (χ1n) is 6.68. The summed E-state index contributed by atoms with van der Waals surface area (Å²) < 4.78 is 17.0. The third kappa shape index (κ3) is 2.58. The van der Waals surface area contributed by atoms with E-state index < -0.39 is 0 Å². The van der Waals surface area contributed by atoms with Gasteiger partial charge in [0.05, 0.1) is 10.4 Å². The van der Waals surface area contributed by atoms with Crippen molar-refractivity contribution in [3.05, 3.63) is 47.4 Å². The number of anilines is 1. The number of halogens is 2. The summed E-state index contributed by atoms with van der Waals surface area (Å²) in [6.07, 6.45) is 1.68. The van der Waals surface area contributed by atoms with E-state index in [1.807, 2.05) is 0 Å². The number of hydrogen-bond acceptors (Lipinski definition) is 5. The normalized spacial score (nSPS) is 13.4. The molecule has 0 aliphatic carbocycles. The average Bonchev–Trinajstić information content (AvgIpc) is 2.97. The molecule has 0 unspecified atom stereocenters. The zero-order valence-electron chi connectivity index (χ0n) is 11.5. The van der Waals surface area contributed by atoms with E-state index in [0.717, 1.165) is 5.39 Å². The Morgan fingerprint density at radius 1 is 1.26 bits per heavy atom. The van der Waals surface area contributed by atoms with Crippen molar-refractivity contribution >= 4 is 51.8 Å². The molecule has 0 amide bonds. The van der Waals surface area contributed by atoms with Gasteiger partial charge in [-0.05, 0) is 36.2 Å². The van der Waals surface area contributed by atoms with Crippen LogP contribution in [-0.4, -0.2) is 16.1 Å². The van der Waals surface area contributed by atoms with Gasteiger partial charge < -0.3 is 15.4 Å². The van der Waals surface area contributed by atoms with Gasteiger partial charge in [-0.25, -0.2) is 9.38 Å². The molecule has 5 nitrogen and oxygen atoms in total. The van der Waals surface area contributed by atoms with Crippen LogP contribution in [0.4, 0.5) is 15.8 Å². The summed E-state index contributed by atoms with van der Waals surface area (Å²) in [6, 6.07) is 8.11. The number of rotatable bonds is 1. The van der Waals surface area contributed by atoms with Crippen LogP contribution in [0.5, 0.6) is 5.75 Å². The molecular weight excluding hydrogens is 339 g/mol. The fourth-order valence-corrected chi connectivity index (χ4v) is 3.39. The highest BCUT2D eigenvalue weighted by atomic mass is 35.5. The topological polar surface area (TPSA) is 72.4 Å². The van der Waals surface area contributed by atoms with Gasteiger partial charge in [0.2, 0.25) is 5.96 Å². The van der Waals surface area contributed by atoms with Crippen molar-refractivity contribution in [1.82, 2.24) is 9.71 Å². The molecule has 4 rings (SSSR count). The summed E-state index contributed by atoms with van der Waals surface area (Å²) in [5.74, 6) is 0.0385. The van der Waals surface area contributed by atoms with Crippen LogP contribution in [-0.2, 0) is 0 Å². The van der Waals surface area contributed by atoms with Crippen molar-refractivity contribution in [2.24, 2.45) is 4.99 Å². The lowest BCUT2D eigenvalue weighted by molar-refractivity contribution is 0.475. The number of phenolic OH excluding ortho intramolecular Hbond substituents is 1. The summed E-state index contributed by atoms with van der Waals surface area (Å²) in [6.45, 7) is 0. The average molecular weight is 349 g/mol. The van der Waals surface area contributed by atoms with Crippen molar-refractivity contribution in [3.8, 4) is 5.75 Å². The van der Waals surface area contributed by atoms with Crippen LogP contribution in [0.3, 0.4) is 0 Å². The Labute approximate surface area is 139 Å². The van der Waals surface area contributed by atoms with Gasteiger partial charge in [0, 0.05) is 28.4 Å². The highest BCUT2D eigenvalue weighted by Gasteiger charge is 2.17. The molecule has 3 aromatic rings. The van der Waals surface area contributed by atoms with E-state index in [0.29, 0.717) is 32.8 Å². The number of aliphatic imine (C=N–C) groups is 1. The molecule has 0 saturated heterocycles. The lowest BCUT2D eigenvalue weighted by atomic mass is 10.2. The molecule has 1 aromatic heterocycles. The third-order valence-corrected chi connectivity index (χ3v) is 4.42. The number of aromatic hydroxyl groups is 1. The monoisotopic (exact) mass is 348 g/mol. The Bertz CT molecular complexity index is 956. The van der Waals surface area contributed by atoms with Crippen LogP contribution in [0, 0.1) is 5.82 Å². The molecule has 0 fully saturated rings. The SMILES string of the molecule is Oc1cc(Cl)cc2c1N=C(Nc1cc(F)c3[nH]ccc3c1)NS2. The van der Waals surface area contributed by atoms with E-state index in [-0.39, 0.29) is 11.6 Å². The fourth-order valence-electron chi connectivity index (χ4n) is 2.38. The number of fused-ring (bicyclic) bond motifs is 2. The minimum Gasteiger partial charge on any atom is -0.506 e. The van der Waals surface area contributed by atoms with E-state index in [1.54, 1.807) is 24.4 Å². The van der Waals surface area contributed by atoms with Gasteiger partial charge in [0.15, 0.2) is 0 Å². The fraction of sp³-hybridized carbons (Fsp3) is 0. The molecule has 2 aromatic carbocycles.